The second-order valence-corrected chi connectivity index (χ2v) is 9.93. The molecule has 0 saturated heterocycles. The Hall–Kier alpha value is -1.20. The molecule has 29 heavy (non-hydrogen) atoms. The monoisotopic (exact) mass is 665 g/mol. The van der Waals surface area contributed by atoms with E-state index in [9.17, 15) is 14.7 Å². The molecule has 0 radical (unpaired) electrons. The summed E-state index contributed by atoms with van der Waals surface area (Å²) < 4.78 is 7.77. The minimum atomic E-state index is -1.12. The van der Waals surface area contributed by atoms with E-state index in [1.807, 2.05) is 24.3 Å². The fourth-order valence-electron chi connectivity index (χ4n) is 2.62. The molecule has 3 aromatic rings. The molecule has 2 N–H and O–H groups in total. The molecule has 0 bridgehead atoms. The predicted molar refractivity (Wildman–Crippen MR) is 128 cm³/mol. The van der Waals surface area contributed by atoms with Gasteiger partial charge in [-0.05, 0) is 71.6 Å². The molecule has 0 saturated carbocycles. The quantitative estimate of drug-likeness (QED) is 0.278. The van der Waals surface area contributed by atoms with Crippen LogP contribution >= 0.6 is 75.1 Å². The largest absolute Gasteiger partial charge is 0.494 e. The van der Waals surface area contributed by atoms with Crippen LogP contribution in [0, 0.1) is 0 Å². The maximum Gasteiger partial charge on any atom is 0.339 e. The average Bonchev–Trinajstić information content (AvgIpc) is 3.09. The second-order valence-electron chi connectivity index (χ2n) is 5.69. The van der Waals surface area contributed by atoms with Gasteiger partial charge in [0.25, 0.3) is 5.91 Å². The Bertz CT molecular complexity index is 1130. The van der Waals surface area contributed by atoms with Gasteiger partial charge in [0.1, 0.15) is 11.3 Å². The van der Waals surface area contributed by atoms with Gasteiger partial charge in [0.05, 0.1) is 32.2 Å². The molecule has 150 valence electrons. The number of nitrogens with one attached hydrogen (secondary N) is 1. The molecule has 0 aliphatic carbocycles. The van der Waals surface area contributed by atoms with Crippen LogP contribution in [0.25, 0.3) is 10.4 Å². The maximum absolute atomic E-state index is 12.9. The van der Waals surface area contributed by atoms with E-state index in [0.29, 0.717) is 29.6 Å². The number of hydrogen-bond acceptors (Lipinski definition) is 4. The van der Waals surface area contributed by atoms with E-state index in [1.165, 1.54) is 18.4 Å². The summed E-state index contributed by atoms with van der Waals surface area (Å²) in [4.78, 5) is 25.4. The number of thiophene rings is 1. The molecule has 0 aliphatic heterocycles. The molecule has 0 aliphatic rings. The van der Waals surface area contributed by atoms with E-state index in [4.69, 9.17) is 4.74 Å². The molecule has 0 unspecified atom stereocenters. The highest BCUT2D eigenvalue weighted by molar-refractivity contribution is 9.13. The fourth-order valence-corrected chi connectivity index (χ4v) is 5.93. The van der Waals surface area contributed by atoms with Crippen molar-refractivity contribution in [2.24, 2.45) is 0 Å². The molecule has 10 heteroatoms. The number of benzene rings is 2. The number of carbonyl (C=O) groups is 2. The third-order valence-corrected chi connectivity index (χ3v) is 8.13. The Morgan fingerprint density at radius 3 is 2.45 bits per heavy atom. The lowest BCUT2D eigenvalue weighted by molar-refractivity contribution is 0.0699. The van der Waals surface area contributed by atoms with Crippen LogP contribution in [0.1, 0.15) is 20.7 Å². The fraction of sp³-hybridized carbons (Fsp3) is 0.0526. The van der Waals surface area contributed by atoms with Crippen molar-refractivity contribution in [1.29, 1.82) is 0 Å². The normalized spacial score (nSPS) is 10.7. The molecule has 0 atom stereocenters. The van der Waals surface area contributed by atoms with Crippen molar-refractivity contribution in [2.75, 3.05) is 12.4 Å². The van der Waals surface area contributed by atoms with E-state index in [1.54, 1.807) is 11.4 Å². The standard InChI is InChI=1S/C19H11Br4NO4S/c1-28-16-11(21)6-10(14(22)15(16)23)18(25)24-12-7-29-17(13(12)19(26)27)8-3-2-4-9(20)5-8/h2-7H,1H3,(H,24,25)(H,26,27). The lowest BCUT2D eigenvalue weighted by Crippen LogP contribution is -2.15. The Morgan fingerprint density at radius 2 is 1.83 bits per heavy atom. The summed E-state index contributed by atoms with van der Waals surface area (Å²) in [6.07, 6.45) is 0. The van der Waals surface area contributed by atoms with Gasteiger partial charge < -0.3 is 15.2 Å². The van der Waals surface area contributed by atoms with E-state index in [2.05, 4.69) is 69.0 Å². The summed E-state index contributed by atoms with van der Waals surface area (Å²) in [5.74, 6) is -1.04. The number of carboxylic acids is 1. The first-order chi connectivity index (χ1) is 13.7. The number of hydrogen-bond donors (Lipinski definition) is 2. The number of rotatable bonds is 5. The first kappa shape index (κ1) is 22.5. The van der Waals surface area contributed by atoms with Crippen LogP contribution in [0.2, 0.25) is 0 Å². The van der Waals surface area contributed by atoms with E-state index in [0.717, 1.165) is 10.0 Å². The van der Waals surface area contributed by atoms with Crippen molar-refractivity contribution in [1.82, 2.24) is 0 Å². The second kappa shape index (κ2) is 9.30. The number of halogens is 4. The topological polar surface area (TPSA) is 75.6 Å². The number of anilines is 1. The van der Waals surface area contributed by atoms with Gasteiger partial charge >= 0.3 is 5.97 Å². The lowest BCUT2D eigenvalue weighted by Gasteiger charge is -2.13. The van der Waals surface area contributed by atoms with Crippen LogP contribution in [-0.2, 0) is 0 Å². The minimum absolute atomic E-state index is 0.0456. The molecule has 2 aromatic carbocycles. The molecule has 5 nitrogen and oxygen atoms in total. The summed E-state index contributed by atoms with van der Waals surface area (Å²) in [7, 11) is 1.52. The van der Waals surface area contributed by atoms with Crippen LogP contribution in [-0.4, -0.2) is 24.1 Å². The SMILES string of the molecule is COc1c(Br)cc(C(=O)Nc2csc(-c3cccc(Br)c3)c2C(=O)O)c(Br)c1Br. The molecular weight excluding hydrogens is 658 g/mol. The van der Waals surface area contributed by atoms with Crippen LogP contribution < -0.4 is 10.1 Å². The van der Waals surface area contributed by atoms with Crippen molar-refractivity contribution in [2.45, 2.75) is 0 Å². The Morgan fingerprint density at radius 1 is 1.10 bits per heavy atom. The summed E-state index contributed by atoms with van der Waals surface area (Å²) in [6.45, 7) is 0. The zero-order valence-corrected chi connectivity index (χ0v) is 21.7. The van der Waals surface area contributed by atoms with Crippen molar-refractivity contribution >= 4 is 92.6 Å². The highest BCUT2D eigenvalue weighted by Crippen LogP contribution is 2.42. The smallest absolute Gasteiger partial charge is 0.339 e. The molecule has 1 heterocycles. The lowest BCUT2D eigenvalue weighted by atomic mass is 10.1. The molecular formula is C19H11Br4NO4S. The van der Waals surface area contributed by atoms with Crippen LogP contribution in [0.3, 0.4) is 0 Å². The summed E-state index contributed by atoms with van der Waals surface area (Å²) >= 11 is 14.8. The Kier molecular flexibility index (Phi) is 7.21. The zero-order valence-electron chi connectivity index (χ0n) is 14.6. The van der Waals surface area contributed by atoms with Gasteiger partial charge in [-0.25, -0.2) is 4.79 Å². The minimum Gasteiger partial charge on any atom is -0.494 e. The van der Waals surface area contributed by atoms with Crippen LogP contribution in [0.5, 0.6) is 5.75 Å². The van der Waals surface area contributed by atoms with E-state index in [-0.39, 0.29) is 11.3 Å². The van der Waals surface area contributed by atoms with Crippen LogP contribution in [0.15, 0.2) is 53.6 Å². The number of carbonyl (C=O) groups excluding carboxylic acids is 1. The summed E-state index contributed by atoms with van der Waals surface area (Å²) in [5.41, 5.74) is 1.34. The third kappa shape index (κ3) is 4.61. The first-order valence-corrected chi connectivity index (χ1v) is 11.9. The molecule has 0 fully saturated rings. The van der Waals surface area contributed by atoms with Crippen molar-refractivity contribution in [3.05, 3.63) is 64.7 Å². The summed E-state index contributed by atoms with van der Waals surface area (Å²) in [5, 5.41) is 14.1. The van der Waals surface area contributed by atoms with E-state index >= 15 is 0 Å². The molecule has 1 aromatic heterocycles. The Labute approximate surface area is 204 Å². The molecule has 1 amide bonds. The predicted octanol–water partition coefficient (Wildman–Crippen LogP) is 7.42. The van der Waals surface area contributed by atoms with Crippen molar-refractivity contribution < 1.29 is 19.4 Å². The van der Waals surface area contributed by atoms with E-state index < -0.39 is 11.9 Å². The van der Waals surface area contributed by atoms with Gasteiger partial charge in [-0.2, -0.15) is 0 Å². The third-order valence-electron chi connectivity index (χ3n) is 3.91. The number of carboxylic acid groups (broad SMARTS) is 1. The maximum atomic E-state index is 12.9. The van der Waals surface area contributed by atoms with Gasteiger partial charge in [-0.1, -0.05) is 28.1 Å². The van der Waals surface area contributed by atoms with Gasteiger partial charge in [-0.3, -0.25) is 4.79 Å². The van der Waals surface area contributed by atoms with Gasteiger partial charge in [0.2, 0.25) is 0 Å². The highest BCUT2D eigenvalue weighted by Gasteiger charge is 2.24. The molecule has 3 rings (SSSR count). The number of amides is 1. The van der Waals surface area contributed by atoms with Crippen molar-refractivity contribution in [3.8, 4) is 16.2 Å². The number of aromatic carboxylic acids is 1. The number of methoxy groups -OCH3 is 1. The summed E-state index contributed by atoms with van der Waals surface area (Å²) in [6, 6.07) is 8.94. The van der Waals surface area contributed by atoms with Gasteiger partial charge in [0, 0.05) is 14.3 Å². The number of ether oxygens (including phenoxy) is 1. The molecule has 0 spiro atoms. The highest BCUT2D eigenvalue weighted by atomic mass is 79.9. The Balaban J connectivity index is 2.01. The van der Waals surface area contributed by atoms with Gasteiger partial charge in [-0.15, -0.1) is 11.3 Å². The van der Waals surface area contributed by atoms with Crippen molar-refractivity contribution in [3.63, 3.8) is 0 Å². The average molecular weight is 669 g/mol. The van der Waals surface area contributed by atoms with Crippen LogP contribution in [0.4, 0.5) is 5.69 Å². The zero-order chi connectivity index (χ0) is 21.3. The van der Waals surface area contributed by atoms with Gasteiger partial charge in [0.15, 0.2) is 0 Å². The first-order valence-electron chi connectivity index (χ1n) is 7.88.